The highest BCUT2D eigenvalue weighted by Crippen LogP contribution is 2.24. The number of carbonyl (C=O) groups is 1. The van der Waals surface area contributed by atoms with Crippen molar-refractivity contribution in [3.63, 3.8) is 0 Å². The lowest BCUT2D eigenvalue weighted by Crippen LogP contribution is -2.39. The van der Waals surface area contributed by atoms with Gasteiger partial charge in [-0.3, -0.25) is 9.36 Å². The average molecular weight is 402 g/mol. The number of carbonyl (C=O) groups excluding carboxylic acids is 1. The van der Waals surface area contributed by atoms with Crippen LogP contribution in [0.2, 0.25) is 0 Å². The Morgan fingerprint density at radius 1 is 1.28 bits per heavy atom. The zero-order valence-corrected chi connectivity index (χ0v) is 17.3. The third-order valence-corrected chi connectivity index (χ3v) is 5.17. The summed E-state index contributed by atoms with van der Waals surface area (Å²) in [6.45, 7) is 4.57. The summed E-state index contributed by atoms with van der Waals surface area (Å²) < 4.78 is 12.5. The van der Waals surface area contributed by atoms with Crippen LogP contribution in [0.3, 0.4) is 0 Å². The topological polar surface area (TPSA) is 98.5 Å². The number of aliphatic hydroxyl groups is 1. The highest BCUT2D eigenvalue weighted by Gasteiger charge is 2.25. The van der Waals surface area contributed by atoms with E-state index >= 15 is 0 Å². The molecule has 3 rings (SSSR count). The molecule has 1 aliphatic carbocycles. The number of hydrogen-bond donors (Lipinski definition) is 2. The molecule has 0 saturated heterocycles. The van der Waals surface area contributed by atoms with E-state index < -0.39 is 5.60 Å². The van der Waals surface area contributed by atoms with Crippen molar-refractivity contribution in [3.8, 4) is 5.82 Å². The van der Waals surface area contributed by atoms with Gasteiger partial charge in [0.1, 0.15) is 17.8 Å². The van der Waals surface area contributed by atoms with E-state index in [1.165, 1.54) is 0 Å². The molecule has 29 heavy (non-hydrogen) atoms. The van der Waals surface area contributed by atoms with E-state index in [0.29, 0.717) is 24.6 Å². The highest BCUT2D eigenvalue weighted by molar-refractivity contribution is 5.93. The lowest BCUT2D eigenvalue weighted by atomic mass is 9.92. The number of imidazole rings is 1. The van der Waals surface area contributed by atoms with Crippen LogP contribution in [-0.4, -0.2) is 58.0 Å². The monoisotopic (exact) mass is 402 g/mol. The lowest BCUT2D eigenvalue weighted by molar-refractivity contribution is -0.00409. The van der Waals surface area contributed by atoms with E-state index in [-0.39, 0.29) is 23.7 Å². The predicted octanol–water partition coefficient (Wildman–Crippen LogP) is 2.20. The SMILES string of the molecule is COCCOC1CCC(NC(=O)c2cc(C(C)(C)O)cc(-n3ccnc3)n2)CC1. The van der Waals surface area contributed by atoms with Gasteiger partial charge in [-0.2, -0.15) is 0 Å². The van der Waals surface area contributed by atoms with Crippen LogP contribution in [0.15, 0.2) is 30.9 Å². The average Bonchev–Trinajstić information content (AvgIpc) is 3.23. The zero-order valence-electron chi connectivity index (χ0n) is 17.3. The molecule has 1 aliphatic rings. The van der Waals surface area contributed by atoms with Crippen molar-refractivity contribution in [1.82, 2.24) is 19.9 Å². The van der Waals surface area contributed by atoms with Gasteiger partial charge in [0.05, 0.1) is 24.9 Å². The van der Waals surface area contributed by atoms with Crippen molar-refractivity contribution in [2.75, 3.05) is 20.3 Å². The normalized spacial score (nSPS) is 19.9. The van der Waals surface area contributed by atoms with Crippen LogP contribution in [0, 0.1) is 0 Å². The van der Waals surface area contributed by atoms with Crippen LogP contribution in [0.25, 0.3) is 5.82 Å². The highest BCUT2D eigenvalue weighted by atomic mass is 16.5. The van der Waals surface area contributed by atoms with E-state index in [0.717, 1.165) is 25.7 Å². The molecule has 2 N–H and O–H groups in total. The van der Waals surface area contributed by atoms with Crippen molar-refractivity contribution in [1.29, 1.82) is 0 Å². The van der Waals surface area contributed by atoms with Gasteiger partial charge in [-0.25, -0.2) is 9.97 Å². The minimum Gasteiger partial charge on any atom is -0.386 e. The third-order valence-electron chi connectivity index (χ3n) is 5.17. The maximum Gasteiger partial charge on any atom is 0.270 e. The number of amides is 1. The first kappa shape index (κ1) is 21.4. The molecule has 2 aromatic rings. The van der Waals surface area contributed by atoms with Crippen molar-refractivity contribution < 1.29 is 19.4 Å². The Balaban J connectivity index is 1.67. The fourth-order valence-corrected chi connectivity index (χ4v) is 3.44. The quantitative estimate of drug-likeness (QED) is 0.657. The van der Waals surface area contributed by atoms with E-state index in [1.807, 2.05) is 0 Å². The standard InChI is InChI=1S/C21H30N4O4/c1-21(2,27)15-12-18(24-19(13-15)25-9-8-22-14-25)20(26)23-16-4-6-17(7-5-16)29-11-10-28-3/h8-9,12-14,16-17,27H,4-7,10-11H2,1-3H3,(H,23,26). The van der Waals surface area contributed by atoms with E-state index in [2.05, 4.69) is 15.3 Å². The molecule has 0 atom stereocenters. The number of aromatic nitrogens is 3. The molecule has 8 nitrogen and oxygen atoms in total. The van der Waals surface area contributed by atoms with Crippen LogP contribution < -0.4 is 5.32 Å². The Morgan fingerprint density at radius 2 is 2.03 bits per heavy atom. The number of hydrogen-bond acceptors (Lipinski definition) is 6. The second-order valence-electron chi connectivity index (χ2n) is 7.94. The molecule has 1 fully saturated rings. The van der Waals surface area contributed by atoms with Gasteiger partial charge in [-0.05, 0) is 57.2 Å². The molecule has 0 aliphatic heterocycles. The first-order valence-corrected chi connectivity index (χ1v) is 10.0. The zero-order chi connectivity index (χ0) is 20.9. The Hall–Kier alpha value is -2.29. The summed E-state index contributed by atoms with van der Waals surface area (Å²) in [5.74, 6) is 0.309. The molecular weight excluding hydrogens is 372 g/mol. The smallest absolute Gasteiger partial charge is 0.270 e. The van der Waals surface area contributed by atoms with Gasteiger partial charge in [0.25, 0.3) is 5.91 Å². The van der Waals surface area contributed by atoms with Crippen molar-refractivity contribution in [2.24, 2.45) is 0 Å². The lowest BCUT2D eigenvalue weighted by Gasteiger charge is -2.29. The second-order valence-corrected chi connectivity index (χ2v) is 7.94. The number of ether oxygens (including phenoxy) is 2. The first-order valence-electron chi connectivity index (χ1n) is 10.0. The van der Waals surface area contributed by atoms with Gasteiger partial charge in [0.2, 0.25) is 0 Å². The van der Waals surface area contributed by atoms with E-state index in [9.17, 15) is 9.90 Å². The fourth-order valence-electron chi connectivity index (χ4n) is 3.44. The summed E-state index contributed by atoms with van der Waals surface area (Å²) in [4.78, 5) is 21.4. The Kier molecular flexibility index (Phi) is 7.00. The molecule has 8 heteroatoms. The van der Waals surface area contributed by atoms with E-state index in [4.69, 9.17) is 9.47 Å². The van der Waals surface area contributed by atoms with E-state index in [1.54, 1.807) is 56.4 Å². The third kappa shape index (κ3) is 5.85. The molecule has 0 spiro atoms. The van der Waals surface area contributed by atoms with Crippen LogP contribution in [0.4, 0.5) is 0 Å². The molecule has 1 saturated carbocycles. The minimum absolute atomic E-state index is 0.0917. The summed E-state index contributed by atoms with van der Waals surface area (Å²) in [5, 5.41) is 13.5. The Labute approximate surface area is 171 Å². The molecule has 0 unspecified atom stereocenters. The van der Waals surface area contributed by atoms with Gasteiger partial charge >= 0.3 is 0 Å². The van der Waals surface area contributed by atoms with Gasteiger partial charge in [0, 0.05) is 25.5 Å². The van der Waals surface area contributed by atoms with Crippen LogP contribution in [0.5, 0.6) is 0 Å². The summed E-state index contributed by atoms with van der Waals surface area (Å²) in [6, 6.07) is 3.50. The van der Waals surface area contributed by atoms with Gasteiger partial charge < -0.3 is 19.9 Å². The molecule has 0 aromatic carbocycles. The maximum atomic E-state index is 12.9. The molecule has 1 amide bonds. The molecule has 2 aromatic heterocycles. The van der Waals surface area contributed by atoms with Crippen LogP contribution >= 0.6 is 0 Å². The number of rotatable bonds is 8. The summed E-state index contributed by atoms with van der Waals surface area (Å²) in [6.07, 6.45) is 8.78. The van der Waals surface area contributed by atoms with Crippen molar-refractivity contribution >= 4 is 5.91 Å². The van der Waals surface area contributed by atoms with Crippen molar-refractivity contribution in [2.45, 2.75) is 57.3 Å². The molecule has 2 heterocycles. The van der Waals surface area contributed by atoms with Crippen LogP contribution in [-0.2, 0) is 15.1 Å². The number of methoxy groups -OCH3 is 1. The molecular formula is C21H30N4O4. The summed E-state index contributed by atoms with van der Waals surface area (Å²) in [7, 11) is 1.66. The van der Waals surface area contributed by atoms with Gasteiger partial charge in [-0.15, -0.1) is 0 Å². The van der Waals surface area contributed by atoms with Crippen LogP contribution in [0.1, 0.15) is 55.6 Å². The number of nitrogens with one attached hydrogen (secondary N) is 1. The summed E-state index contributed by atoms with van der Waals surface area (Å²) in [5.41, 5.74) is -0.186. The Bertz CT molecular complexity index is 794. The molecule has 0 bridgehead atoms. The number of pyridine rings is 1. The summed E-state index contributed by atoms with van der Waals surface area (Å²) >= 11 is 0. The fraction of sp³-hybridized carbons (Fsp3) is 0.571. The largest absolute Gasteiger partial charge is 0.386 e. The molecule has 0 radical (unpaired) electrons. The van der Waals surface area contributed by atoms with Crippen molar-refractivity contribution in [3.05, 3.63) is 42.1 Å². The second kappa shape index (κ2) is 9.47. The number of nitrogens with zero attached hydrogens (tertiary/aromatic N) is 3. The van der Waals surface area contributed by atoms with Gasteiger partial charge in [-0.1, -0.05) is 0 Å². The predicted molar refractivity (Wildman–Crippen MR) is 108 cm³/mol. The Morgan fingerprint density at radius 3 is 2.66 bits per heavy atom. The minimum atomic E-state index is -1.09. The molecule has 158 valence electrons. The maximum absolute atomic E-state index is 12.9. The first-order chi connectivity index (χ1) is 13.9. The van der Waals surface area contributed by atoms with Gasteiger partial charge in [0.15, 0.2) is 0 Å².